The molecule has 1 rings (SSSR count). The van der Waals surface area contributed by atoms with Crippen LogP contribution < -0.4 is 0 Å². The maximum Gasteiger partial charge on any atom is 0.354 e. The van der Waals surface area contributed by atoms with Crippen molar-refractivity contribution in [3.05, 3.63) is 23.3 Å². The molecule has 0 aliphatic carbocycles. The molecule has 0 saturated carbocycles. The minimum atomic E-state index is -0.984. The summed E-state index contributed by atoms with van der Waals surface area (Å²) in [6, 6.07) is 0. The minimum absolute atomic E-state index is 0.118. The first-order valence-electron chi connectivity index (χ1n) is 5.16. The largest absolute Gasteiger partial charge is 0.477 e. The number of nitrogens with zero attached hydrogens (tertiary/aromatic N) is 2. The maximum absolute atomic E-state index is 10.9. The SMILES string of the molecule is CCC(CC)c1ncc(C)c(C(=O)O)n1. The second-order valence-corrected chi connectivity index (χ2v) is 3.58. The molecule has 0 saturated heterocycles. The van der Waals surface area contributed by atoms with Crippen molar-refractivity contribution in [3.63, 3.8) is 0 Å². The fourth-order valence-electron chi connectivity index (χ4n) is 1.52. The standard InChI is InChI=1S/C11H16N2O2/c1-4-8(5-2)10-12-6-7(3)9(13-10)11(14)15/h6,8H,4-5H2,1-3H3,(H,14,15). The molecule has 0 aliphatic heterocycles. The lowest BCUT2D eigenvalue weighted by Crippen LogP contribution is -2.10. The van der Waals surface area contributed by atoms with Gasteiger partial charge >= 0.3 is 5.97 Å². The summed E-state index contributed by atoms with van der Waals surface area (Å²) in [6.07, 6.45) is 3.45. The molecule has 0 atom stereocenters. The predicted molar refractivity (Wildman–Crippen MR) is 57.1 cm³/mol. The monoisotopic (exact) mass is 208 g/mol. The highest BCUT2D eigenvalue weighted by Crippen LogP contribution is 2.19. The summed E-state index contributed by atoms with van der Waals surface area (Å²) in [6.45, 7) is 5.82. The second kappa shape index (κ2) is 4.87. The first-order chi connectivity index (χ1) is 7.10. The second-order valence-electron chi connectivity index (χ2n) is 3.58. The van der Waals surface area contributed by atoms with Crippen LogP contribution in [-0.2, 0) is 0 Å². The number of hydrogen-bond acceptors (Lipinski definition) is 3. The van der Waals surface area contributed by atoms with E-state index < -0.39 is 5.97 Å². The van der Waals surface area contributed by atoms with E-state index in [1.54, 1.807) is 13.1 Å². The zero-order valence-electron chi connectivity index (χ0n) is 9.32. The Morgan fingerprint density at radius 1 is 1.47 bits per heavy atom. The van der Waals surface area contributed by atoms with Crippen LogP contribution in [0.5, 0.6) is 0 Å². The molecule has 0 fully saturated rings. The van der Waals surface area contributed by atoms with Crippen molar-refractivity contribution in [3.8, 4) is 0 Å². The van der Waals surface area contributed by atoms with E-state index in [-0.39, 0.29) is 11.6 Å². The zero-order valence-corrected chi connectivity index (χ0v) is 9.32. The van der Waals surface area contributed by atoms with Gasteiger partial charge in [-0.2, -0.15) is 0 Å². The molecule has 4 nitrogen and oxygen atoms in total. The number of aromatic carboxylic acids is 1. The molecule has 1 aromatic heterocycles. The van der Waals surface area contributed by atoms with Crippen molar-refractivity contribution in [1.82, 2.24) is 9.97 Å². The Labute approximate surface area is 89.4 Å². The summed E-state index contributed by atoms with van der Waals surface area (Å²) in [4.78, 5) is 19.2. The Morgan fingerprint density at radius 2 is 2.07 bits per heavy atom. The van der Waals surface area contributed by atoms with E-state index in [9.17, 15) is 4.79 Å². The minimum Gasteiger partial charge on any atom is -0.477 e. The van der Waals surface area contributed by atoms with Crippen LogP contribution in [-0.4, -0.2) is 21.0 Å². The summed E-state index contributed by atoms with van der Waals surface area (Å²) >= 11 is 0. The quantitative estimate of drug-likeness (QED) is 0.825. The van der Waals surface area contributed by atoms with Gasteiger partial charge in [-0.1, -0.05) is 13.8 Å². The molecule has 0 aliphatic rings. The Hall–Kier alpha value is -1.45. The smallest absolute Gasteiger partial charge is 0.354 e. The van der Waals surface area contributed by atoms with Crippen LogP contribution in [0, 0.1) is 6.92 Å². The molecular weight excluding hydrogens is 192 g/mol. The molecule has 0 bridgehead atoms. The van der Waals surface area contributed by atoms with E-state index in [0.29, 0.717) is 11.4 Å². The van der Waals surface area contributed by atoms with Gasteiger partial charge in [0.1, 0.15) is 5.82 Å². The number of carbonyl (C=O) groups is 1. The maximum atomic E-state index is 10.9. The van der Waals surface area contributed by atoms with Gasteiger partial charge in [0.25, 0.3) is 0 Å². The van der Waals surface area contributed by atoms with Gasteiger partial charge < -0.3 is 5.11 Å². The summed E-state index contributed by atoms with van der Waals surface area (Å²) in [5.74, 6) is -0.0891. The topological polar surface area (TPSA) is 63.1 Å². The molecule has 1 aromatic rings. The summed E-state index contributed by atoms with van der Waals surface area (Å²) in [7, 11) is 0. The predicted octanol–water partition coefficient (Wildman–Crippen LogP) is 2.39. The van der Waals surface area contributed by atoms with Crippen LogP contribution in [0.15, 0.2) is 6.20 Å². The number of hydrogen-bond donors (Lipinski definition) is 1. The zero-order chi connectivity index (χ0) is 11.4. The van der Waals surface area contributed by atoms with Gasteiger partial charge in [0.2, 0.25) is 0 Å². The molecule has 15 heavy (non-hydrogen) atoms. The van der Waals surface area contributed by atoms with Crippen molar-refractivity contribution in [2.24, 2.45) is 0 Å². The Morgan fingerprint density at radius 3 is 2.53 bits per heavy atom. The van der Waals surface area contributed by atoms with Crippen LogP contribution in [0.2, 0.25) is 0 Å². The molecule has 0 unspecified atom stereocenters. The van der Waals surface area contributed by atoms with E-state index in [1.807, 2.05) is 0 Å². The number of carboxylic acids is 1. The molecular formula is C11H16N2O2. The van der Waals surface area contributed by atoms with E-state index >= 15 is 0 Å². The van der Waals surface area contributed by atoms with E-state index in [4.69, 9.17) is 5.11 Å². The van der Waals surface area contributed by atoms with Crippen LogP contribution in [0.3, 0.4) is 0 Å². The molecule has 0 radical (unpaired) electrons. The van der Waals surface area contributed by atoms with Crippen LogP contribution in [0.1, 0.15) is 54.5 Å². The van der Waals surface area contributed by atoms with Crippen LogP contribution >= 0.6 is 0 Å². The molecule has 0 aromatic carbocycles. The molecule has 4 heteroatoms. The van der Waals surface area contributed by atoms with Crippen molar-refractivity contribution < 1.29 is 9.90 Å². The van der Waals surface area contributed by atoms with Crippen molar-refractivity contribution in [1.29, 1.82) is 0 Å². The molecule has 0 spiro atoms. The average molecular weight is 208 g/mol. The number of rotatable bonds is 4. The van der Waals surface area contributed by atoms with Gasteiger partial charge in [-0.3, -0.25) is 0 Å². The Kier molecular flexibility index (Phi) is 3.77. The van der Waals surface area contributed by atoms with E-state index in [0.717, 1.165) is 12.8 Å². The van der Waals surface area contributed by atoms with Crippen LogP contribution in [0.4, 0.5) is 0 Å². The lowest BCUT2D eigenvalue weighted by Gasteiger charge is -2.11. The summed E-state index contributed by atoms with van der Waals surface area (Å²) in [5, 5.41) is 8.93. The third kappa shape index (κ3) is 2.52. The molecule has 1 heterocycles. The lowest BCUT2D eigenvalue weighted by atomic mass is 10.0. The Bertz CT molecular complexity index is 360. The van der Waals surface area contributed by atoms with Gasteiger partial charge in [-0.15, -0.1) is 0 Å². The third-order valence-corrected chi connectivity index (χ3v) is 2.54. The fraction of sp³-hybridized carbons (Fsp3) is 0.545. The van der Waals surface area contributed by atoms with E-state index in [1.165, 1.54) is 0 Å². The van der Waals surface area contributed by atoms with Gasteiger partial charge in [0.15, 0.2) is 5.69 Å². The molecule has 82 valence electrons. The summed E-state index contributed by atoms with van der Waals surface area (Å²) in [5.41, 5.74) is 0.726. The van der Waals surface area contributed by atoms with Gasteiger partial charge in [-0.25, -0.2) is 14.8 Å². The average Bonchev–Trinajstić information content (AvgIpc) is 2.21. The fourth-order valence-corrected chi connectivity index (χ4v) is 1.52. The van der Waals surface area contributed by atoms with Crippen molar-refractivity contribution in [2.75, 3.05) is 0 Å². The first-order valence-corrected chi connectivity index (χ1v) is 5.16. The van der Waals surface area contributed by atoms with Gasteiger partial charge in [-0.05, 0) is 19.8 Å². The highest BCUT2D eigenvalue weighted by atomic mass is 16.4. The van der Waals surface area contributed by atoms with E-state index in [2.05, 4.69) is 23.8 Å². The normalized spacial score (nSPS) is 10.7. The number of aryl methyl sites for hydroxylation is 1. The highest BCUT2D eigenvalue weighted by molar-refractivity contribution is 5.86. The molecule has 1 N–H and O–H groups in total. The Balaban J connectivity index is 3.11. The number of carboxylic acid groups (broad SMARTS) is 1. The third-order valence-electron chi connectivity index (χ3n) is 2.54. The first kappa shape index (κ1) is 11.6. The van der Waals surface area contributed by atoms with Crippen LogP contribution in [0.25, 0.3) is 0 Å². The highest BCUT2D eigenvalue weighted by Gasteiger charge is 2.15. The van der Waals surface area contributed by atoms with Gasteiger partial charge in [0.05, 0.1) is 0 Å². The van der Waals surface area contributed by atoms with Crippen molar-refractivity contribution >= 4 is 5.97 Å². The van der Waals surface area contributed by atoms with Crippen molar-refractivity contribution in [2.45, 2.75) is 39.5 Å². The molecule has 0 amide bonds. The lowest BCUT2D eigenvalue weighted by molar-refractivity contribution is 0.0689. The number of aromatic nitrogens is 2. The summed E-state index contributed by atoms with van der Waals surface area (Å²) < 4.78 is 0. The van der Waals surface area contributed by atoms with Gasteiger partial charge in [0, 0.05) is 17.7 Å².